The van der Waals surface area contributed by atoms with E-state index in [1.807, 2.05) is 6.07 Å². The fourth-order valence-electron chi connectivity index (χ4n) is 2.81. The number of nitriles is 1. The van der Waals surface area contributed by atoms with Gasteiger partial charge in [0.2, 0.25) is 0 Å². The van der Waals surface area contributed by atoms with Crippen LogP contribution in [0.1, 0.15) is 15.9 Å². The highest BCUT2D eigenvalue weighted by atomic mass is 16.6. The van der Waals surface area contributed by atoms with Crippen LogP contribution in [0.4, 0.5) is 17.1 Å². The third-order valence-electron chi connectivity index (χ3n) is 4.30. The van der Waals surface area contributed by atoms with Crippen LogP contribution in [0, 0.1) is 31.6 Å². The largest absolute Gasteiger partial charge is 0.272 e. The van der Waals surface area contributed by atoms with Gasteiger partial charge in [0.25, 0.3) is 17.3 Å². The average Bonchev–Trinajstić information content (AvgIpc) is 2.77. The molecule has 10 heteroatoms. The van der Waals surface area contributed by atoms with E-state index >= 15 is 0 Å². The first-order chi connectivity index (χ1) is 14.3. The van der Waals surface area contributed by atoms with Crippen molar-refractivity contribution >= 4 is 23.0 Å². The lowest BCUT2D eigenvalue weighted by Gasteiger charge is -2.20. The van der Waals surface area contributed by atoms with Crippen LogP contribution in [0.5, 0.6) is 0 Å². The molecule has 0 saturated heterocycles. The Labute approximate surface area is 169 Å². The topological polar surface area (TPSA) is 156 Å². The molecule has 0 aliphatic heterocycles. The number of hydrogen-bond donors (Lipinski definition) is 1. The number of hydrogen-bond acceptors (Lipinski definition) is 7. The molecule has 0 aromatic heterocycles. The van der Waals surface area contributed by atoms with Crippen molar-refractivity contribution in [1.82, 2.24) is 0 Å². The summed E-state index contributed by atoms with van der Waals surface area (Å²) in [5.41, 5.74) is 0.829. The van der Waals surface area contributed by atoms with Gasteiger partial charge in [0, 0.05) is 35.4 Å². The number of nitrogens with two attached hydrogens (primary N) is 1. The van der Waals surface area contributed by atoms with Crippen LogP contribution in [-0.2, 0) is 0 Å². The zero-order chi connectivity index (χ0) is 21.8. The predicted molar refractivity (Wildman–Crippen MR) is 107 cm³/mol. The summed E-state index contributed by atoms with van der Waals surface area (Å²) in [4.78, 5) is 33.8. The Morgan fingerprint density at radius 2 is 1.57 bits per heavy atom. The van der Waals surface area contributed by atoms with E-state index in [1.165, 1.54) is 60.7 Å². The Bertz CT molecular complexity index is 1200. The van der Waals surface area contributed by atoms with Crippen LogP contribution < -0.4 is 10.9 Å². The molecule has 0 fully saturated rings. The van der Waals surface area contributed by atoms with E-state index in [1.54, 1.807) is 0 Å². The van der Waals surface area contributed by atoms with E-state index in [0.717, 1.165) is 11.1 Å². The number of nitro benzene ring substituents is 2. The maximum atomic E-state index is 12.9. The average molecular weight is 403 g/mol. The fourth-order valence-corrected chi connectivity index (χ4v) is 2.81. The highest BCUT2D eigenvalue weighted by molar-refractivity contribution is 6.07. The normalized spacial score (nSPS) is 10.1. The van der Waals surface area contributed by atoms with Crippen LogP contribution in [0.25, 0.3) is 11.1 Å². The first kappa shape index (κ1) is 20.1. The maximum absolute atomic E-state index is 12.9. The Balaban J connectivity index is 2.09. The van der Waals surface area contributed by atoms with E-state index in [4.69, 9.17) is 11.1 Å². The summed E-state index contributed by atoms with van der Waals surface area (Å²) in [6.07, 6.45) is 0. The molecule has 0 unspecified atom stereocenters. The van der Waals surface area contributed by atoms with E-state index in [9.17, 15) is 25.0 Å². The molecule has 0 atom stereocenters. The molecule has 0 heterocycles. The second-order valence-electron chi connectivity index (χ2n) is 6.13. The van der Waals surface area contributed by atoms with Gasteiger partial charge in [-0.15, -0.1) is 0 Å². The molecule has 3 aromatic carbocycles. The molecule has 3 rings (SSSR count). The number of rotatable bonds is 5. The van der Waals surface area contributed by atoms with Crippen LogP contribution in [-0.4, -0.2) is 15.8 Å². The van der Waals surface area contributed by atoms with Gasteiger partial charge in [-0.05, 0) is 42.0 Å². The number of carbonyl (C=O) groups is 1. The number of hydrazine groups is 1. The van der Waals surface area contributed by atoms with E-state index in [0.29, 0.717) is 11.1 Å². The van der Waals surface area contributed by atoms with Crippen molar-refractivity contribution in [2.45, 2.75) is 0 Å². The fraction of sp³-hybridized carbons (Fsp3) is 0. The van der Waals surface area contributed by atoms with Gasteiger partial charge < -0.3 is 0 Å². The van der Waals surface area contributed by atoms with Crippen LogP contribution in [0.3, 0.4) is 0 Å². The van der Waals surface area contributed by atoms with Crippen LogP contribution in [0.15, 0.2) is 66.7 Å². The standard InChI is InChI=1S/C20H13N5O5/c21-12-13-2-1-3-15(10-13)20(26)23(22)19-11-17(25(29)30)8-9-18(19)14-4-6-16(7-5-14)24(27)28/h1-11H,22H2. The number of nitrogens with zero attached hydrogens (tertiary/aromatic N) is 4. The predicted octanol–water partition coefficient (Wildman–Crippen LogP) is 3.56. The molecule has 30 heavy (non-hydrogen) atoms. The minimum atomic E-state index is -0.684. The van der Waals surface area contributed by atoms with Gasteiger partial charge in [-0.3, -0.25) is 25.0 Å². The summed E-state index contributed by atoms with van der Waals surface area (Å²) in [7, 11) is 0. The molecule has 148 valence electrons. The van der Waals surface area contributed by atoms with Gasteiger partial charge in [0.1, 0.15) is 0 Å². The first-order valence-electron chi connectivity index (χ1n) is 8.44. The molecular formula is C20H13N5O5. The van der Waals surface area contributed by atoms with Gasteiger partial charge in [-0.2, -0.15) is 5.26 Å². The molecule has 0 radical (unpaired) electrons. The number of amides is 1. The SMILES string of the molecule is N#Cc1cccc(C(=O)N(N)c2cc([N+](=O)[O-])ccc2-c2ccc([N+](=O)[O-])cc2)c1. The van der Waals surface area contributed by atoms with Gasteiger partial charge in [0.05, 0.1) is 27.2 Å². The third-order valence-corrected chi connectivity index (χ3v) is 4.30. The number of carbonyl (C=O) groups excluding carboxylic acids is 1. The van der Waals surface area contributed by atoms with Crippen molar-refractivity contribution in [3.05, 3.63) is 98.1 Å². The minimum Gasteiger partial charge on any atom is -0.267 e. The molecule has 3 aromatic rings. The number of benzene rings is 3. The van der Waals surface area contributed by atoms with Crippen molar-refractivity contribution in [3.63, 3.8) is 0 Å². The van der Waals surface area contributed by atoms with Gasteiger partial charge in [-0.1, -0.05) is 6.07 Å². The summed E-state index contributed by atoms with van der Waals surface area (Å²) < 4.78 is 0. The van der Waals surface area contributed by atoms with E-state index in [2.05, 4.69) is 0 Å². The molecular weight excluding hydrogens is 390 g/mol. The monoisotopic (exact) mass is 403 g/mol. The number of anilines is 1. The second-order valence-corrected chi connectivity index (χ2v) is 6.13. The van der Waals surface area contributed by atoms with Crippen LogP contribution in [0.2, 0.25) is 0 Å². The summed E-state index contributed by atoms with van der Waals surface area (Å²) in [5, 5.41) is 31.9. The Kier molecular flexibility index (Phi) is 5.48. The molecule has 2 N–H and O–H groups in total. The molecule has 0 bridgehead atoms. The second kappa shape index (κ2) is 8.17. The van der Waals surface area contributed by atoms with Crippen molar-refractivity contribution < 1.29 is 14.6 Å². The third kappa shape index (κ3) is 3.96. The summed E-state index contributed by atoms with van der Waals surface area (Å²) in [6.45, 7) is 0. The molecule has 0 spiro atoms. The molecule has 0 saturated carbocycles. The summed E-state index contributed by atoms with van der Waals surface area (Å²) >= 11 is 0. The number of non-ortho nitro benzene ring substituents is 2. The smallest absolute Gasteiger partial charge is 0.267 e. The quantitative estimate of drug-likeness (QED) is 0.295. The molecule has 0 aliphatic rings. The number of nitro groups is 2. The lowest BCUT2D eigenvalue weighted by Crippen LogP contribution is -2.38. The lowest BCUT2D eigenvalue weighted by atomic mass is 10.0. The maximum Gasteiger partial charge on any atom is 0.272 e. The highest BCUT2D eigenvalue weighted by Crippen LogP contribution is 2.34. The van der Waals surface area contributed by atoms with Gasteiger partial charge in [0.15, 0.2) is 0 Å². The molecule has 1 amide bonds. The zero-order valence-corrected chi connectivity index (χ0v) is 15.3. The van der Waals surface area contributed by atoms with Gasteiger partial charge >= 0.3 is 0 Å². The van der Waals surface area contributed by atoms with Gasteiger partial charge in [-0.25, -0.2) is 10.9 Å². The first-order valence-corrected chi connectivity index (χ1v) is 8.44. The molecule has 0 aliphatic carbocycles. The summed E-state index contributed by atoms with van der Waals surface area (Å²) in [5.74, 6) is 5.33. The Morgan fingerprint density at radius 1 is 0.933 bits per heavy atom. The van der Waals surface area contributed by atoms with Crippen molar-refractivity contribution in [2.24, 2.45) is 5.84 Å². The Morgan fingerprint density at radius 3 is 2.17 bits per heavy atom. The van der Waals surface area contributed by atoms with Crippen LogP contribution >= 0.6 is 0 Å². The van der Waals surface area contributed by atoms with E-state index in [-0.39, 0.29) is 28.2 Å². The Hall–Kier alpha value is -4.62. The lowest BCUT2D eigenvalue weighted by molar-refractivity contribution is -0.385. The van der Waals surface area contributed by atoms with Crippen molar-refractivity contribution in [3.8, 4) is 17.2 Å². The molecule has 10 nitrogen and oxygen atoms in total. The minimum absolute atomic E-state index is 0.0328. The van der Waals surface area contributed by atoms with E-state index < -0.39 is 15.8 Å². The van der Waals surface area contributed by atoms with Crippen molar-refractivity contribution in [2.75, 3.05) is 5.01 Å². The zero-order valence-electron chi connectivity index (χ0n) is 15.3. The summed E-state index contributed by atoms with van der Waals surface area (Å²) in [6, 6.07) is 17.0. The highest BCUT2D eigenvalue weighted by Gasteiger charge is 2.22. The van der Waals surface area contributed by atoms with Crippen molar-refractivity contribution in [1.29, 1.82) is 5.26 Å².